The van der Waals surface area contributed by atoms with Crippen molar-refractivity contribution in [2.75, 3.05) is 37.6 Å². The molecule has 250 valence electrons. The van der Waals surface area contributed by atoms with Gasteiger partial charge in [0.15, 0.2) is 0 Å². The van der Waals surface area contributed by atoms with E-state index in [9.17, 15) is 27.2 Å². The van der Waals surface area contributed by atoms with Crippen molar-refractivity contribution < 1.29 is 36.7 Å². The first-order valence-electron chi connectivity index (χ1n) is 15.5. The van der Waals surface area contributed by atoms with Crippen molar-refractivity contribution in [3.05, 3.63) is 84.3 Å². The molecule has 0 bridgehead atoms. The second-order valence-corrected chi connectivity index (χ2v) is 13.5. The average Bonchev–Trinajstić information content (AvgIpc) is 3.57. The molecular weight excluding hydrogens is 629 g/mol. The lowest BCUT2D eigenvalue weighted by Crippen LogP contribution is -2.52. The number of sulfonamides is 1. The molecule has 0 saturated carbocycles. The molecule has 2 saturated heterocycles. The number of hydrogen-bond donors (Lipinski definition) is 1. The van der Waals surface area contributed by atoms with E-state index in [0.717, 1.165) is 34.4 Å². The normalized spacial score (nSPS) is 17.7. The van der Waals surface area contributed by atoms with Gasteiger partial charge in [0.1, 0.15) is 29.5 Å². The molecule has 0 unspecified atom stereocenters. The number of carbonyl (C=O) groups is 3. The van der Waals surface area contributed by atoms with Gasteiger partial charge in [-0.25, -0.2) is 27.4 Å². The summed E-state index contributed by atoms with van der Waals surface area (Å²) in [5.41, 5.74) is 0.655. The van der Waals surface area contributed by atoms with E-state index in [1.807, 2.05) is 18.2 Å². The summed E-state index contributed by atoms with van der Waals surface area (Å²) in [4.78, 5) is 47.3. The van der Waals surface area contributed by atoms with Gasteiger partial charge in [-0.1, -0.05) is 18.2 Å². The minimum Gasteiger partial charge on any atom is -0.461 e. The lowest BCUT2D eigenvalue weighted by atomic mass is 10.0. The molecule has 12 nitrogen and oxygen atoms in total. The molecular formula is C33H38FN5O7S. The highest BCUT2D eigenvalue weighted by Gasteiger charge is 2.40. The maximum absolute atomic E-state index is 13.5. The quantitative estimate of drug-likeness (QED) is 0.323. The number of ether oxygens (including phenoxy) is 2. The summed E-state index contributed by atoms with van der Waals surface area (Å²) in [5, 5.41) is 2.70. The van der Waals surface area contributed by atoms with Crippen LogP contribution in [0, 0.1) is 5.82 Å². The highest BCUT2D eigenvalue weighted by molar-refractivity contribution is 7.89. The fraction of sp³-hybridized carbons (Fsp3) is 0.394. The molecule has 0 spiro atoms. The highest BCUT2D eigenvalue weighted by Crippen LogP contribution is 2.27. The van der Waals surface area contributed by atoms with Crippen molar-refractivity contribution in [2.24, 2.45) is 0 Å². The third-order valence-electron chi connectivity index (χ3n) is 7.96. The fourth-order valence-electron chi connectivity index (χ4n) is 5.56. The van der Waals surface area contributed by atoms with Crippen LogP contribution < -0.4 is 15.0 Å². The maximum atomic E-state index is 13.5. The van der Waals surface area contributed by atoms with Crippen LogP contribution in [-0.4, -0.2) is 91.5 Å². The van der Waals surface area contributed by atoms with Crippen molar-refractivity contribution in [3.8, 4) is 5.75 Å². The lowest BCUT2D eigenvalue weighted by molar-refractivity contribution is -0.151. The molecule has 3 aromatic rings. The van der Waals surface area contributed by atoms with Gasteiger partial charge in [-0.2, -0.15) is 4.31 Å². The second-order valence-electron chi connectivity index (χ2n) is 11.7. The number of pyridine rings is 1. The Balaban J connectivity index is 1.20. The van der Waals surface area contributed by atoms with Crippen LogP contribution >= 0.6 is 0 Å². The van der Waals surface area contributed by atoms with Gasteiger partial charge in [-0.05, 0) is 80.8 Å². The molecule has 5 rings (SSSR count). The number of benzene rings is 2. The zero-order valence-electron chi connectivity index (χ0n) is 26.2. The van der Waals surface area contributed by atoms with E-state index in [1.165, 1.54) is 0 Å². The van der Waals surface area contributed by atoms with E-state index in [2.05, 4.69) is 15.2 Å². The topological polar surface area (TPSA) is 138 Å². The Morgan fingerprint density at radius 2 is 1.66 bits per heavy atom. The van der Waals surface area contributed by atoms with Gasteiger partial charge in [0.2, 0.25) is 15.9 Å². The maximum Gasteiger partial charge on any atom is 0.415 e. The number of hydrogen-bond acceptors (Lipinski definition) is 9. The van der Waals surface area contributed by atoms with E-state index in [4.69, 9.17) is 9.47 Å². The number of rotatable bonds is 10. The van der Waals surface area contributed by atoms with Gasteiger partial charge < -0.3 is 24.6 Å². The zero-order valence-corrected chi connectivity index (χ0v) is 27.1. The molecule has 2 aliphatic heterocycles. The summed E-state index contributed by atoms with van der Waals surface area (Å²) in [6.07, 6.45) is 1.57. The van der Waals surface area contributed by atoms with Crippen molar-refractivity contribution in [1.29, 1.82) is 0 Å². The summed E-state index contributed by atoms with van der Waals surface area (Å²) in [5.74, 6) is -0.692. The number of piperazine rings is 1. The van der Waals surface area contributed by atoms with E-state index >= 15 is 0 Å². The molecule has 14 heteroatoms. The van der Waals surface area contributed by atoms with Crippen LogP contribution in [0.5, 0.6) is 5.75 Å². The van der Waals surface area contributed by atoms with Crippen molar-refractivity contribution >= 4 is 33.8 Å². The molecule has 2 atom stereocenters. The molecule has 2 aromatic carbocycles. The minimum atomic E-state index is -4.08. The SMILES string of the molecule is CC(C)OC(=O)[C@H](Cc1ccc(OC(=O)N2CCN(c3ccccn3)CC2)cc1)NC(=O)[C@@H]1CCCN1S(=O)(=O)c1ccc(F)cc1. The molecule has 2 aliphatic rings. The van der Waals surface area contributed by atoms with Gasteiger partial charge in [0.25, 0.3) is 0 Å². The van der Waals surface area contributed by atoms with Crippen LogP contribution in [0.25, 0.3) is 0 Å². The predicted molar refractivity (Wildman–Crippen MR) is 171 cm³/mol. The van der Waals surface area contributed by atoms with Crippen LogP contribution in [0.3, 0.4) is 0 Å². The molecule has 0 aliphatic carbocycles. The Morgan fingerprint density at radius 3 is 2.30 bits per heavy atom. The zero-order chi connectivity index (χ0) is 33.6. The van der Waals surface area contributed by atoms with Crippen LogP contribution in [0.4, 0.5) is 15.0 Å². The third kappa shape index (κ3) is 8.43. The number of anilines is 1. The van der Waals surface area contributed by atoms with Gasteiger partial charge in [-0.3, -0.25) is 4.79 Å². The smallest absolute Gasteiger partial charge is 0.415 e. The van der Waals surface area contributed by atoms with Gasteiger partial charge in [-0.15, -0.1) is 0 Å². The summed E-state index contributed by atoms with van der Waals surface area (Å²) in [6.45, 7) is 5.70. The molecule has 1 N–H and O–H groups in total. The number of aromatic nitrogens is 1. The third-order valence-corrected chi connectivity index (χ3v) is 9.88. The molecule has 2 fully saturated rings. The Hall–Kier alpha value is -4.56. The van der Waals surface area contributed by atoms with E-state index in [1.54, 1.807) is 49.2 Å². The number of halogens is 1. The van der Waals surface area contributed by atoms with Gasteiger partial charge in [0.05, 0.1) is 11.0 Å². The largest absolute Gasteiger partial charge is 0.461 e. The van der Waals surface area contributed by atoms with E-state index < -0.39 is 52.0 Å². The summed E-state index contributed by atoms with van der Waals surface area (Å²) in [6, 6.07) is 14.5. The first-order valence-corrected chi connectivity index (χ1v) is 17.0. The number of nitrogens with zero attached hydrogens (tertiary/aromatic N) is 4. The van der Waals surface area contributed by atoms with Crippen molar-refractivity contribution in [3.63, 3.8) is 0 Å². The number of esters is 1. The standard InChI is InChI=1S/C33H38FN5O7S/c1-23(2)45-32(41)28(36-31(40)29-6-5-17-39(29)47(43,44)27-14-10-25(34)11-15-27)22-24-8-12-26(13-9-24)46-33(42)38-20-18-37(19-21-38)30-7-3-4-16-35-30/h3-4,7-16,23,28-29H,5-6,17-22H2,1-2H3,(H,36,40)/t28-,29-/m0/s1. The Labute approximate surface area is 273 Å². The summed E-state index contributed by atoms with van der Waals surface area (Å²) < 4.78 is 52.1. The lowest BCUT2D eigenvalue weighted by Gasteiger charge is -2.34. The van der Waals surface area contributed by atoms with Crippen LogP contribution in [-0.2, 0) is 30.8 Å². The van der Waals surface area contributed by atoms with E-state index in [0.29, 0.717) is 43.9 Å². The Kier molecular flexibility index (Phi) is 10.7. The average molecular weight is 668 g/mol. The number of amides is 2. The molecule has 3 heterocycles. The number of nitrogens with one attached hydrogen (secondary N) is 1. The van der Waals surface area contributed by atoms with Crippen molar-refractivity contribution in [1.82, 2.24) is 19.5 Å². The number of carbonyl (C=O) groups excluding carboxylic acids is 3. The minimum absolute atomic E-state index is 0.0540. The monoisotopic (exact) mass is 667 g/mol. The molecule has 47 heavy (non-hydrogen) atoms. The van der Waals surface area contributed by atoms with Crippen molar-refractivity contribution in [2.45, 2.75) is 56.2 Å². The predicted octanol–water partition coefficient (Wildman–Crippen LogP) is 3.37. The highest BCUT2D eigenvalue weighted by atomic mass is 32.2. The fourth-order valence-corrected chi connectivity index (χ4v) is 7.22. The molecule has 0 radical (unpaired) electrons. The molecule has 1 aromatic heterocycles. The van der Waals surface area contributed by atoms with Gasteiger partial charge in [0, 0.05) is 45.3 Å². The van der Waals surface area contributed by atoms with Gasteiger partial charge >= 0.3 is 12.1 Å². The Morgan fingerprint density at radius 1 is 0.957 bits per heavy atom. The molecule has 2 amide bonds. The van der Waals surface area contributed by atoms with Crippen LogP contribution in [0.2, 0.25) is 0 Å². The first kappa shape index (κ1) is 33.8. The van der Waals surface area contributed by atoms with E-state index in [-0.39, 0.29) is 24.3 Å². The Bertz CT molecular complexity index is 1650. The first-order chi connectivity index (χ1) is 22.5. The van der Waals surface area contributed by atoms with Crippen LogP contribution in [0.15, 0.2) is 77.8 Å². The summed E-state index contributed by atoms with van der Waals surface area (Å²) >= 11 is 0. The van der Waals surface area contributed by atoms with Crippen LogP contribution in [0.1, 0.15) is 32.3 Å². The second kappa shape index (κ2) is 14.9. The summed E-state index contributed by atoms with van der Waals surface area (Å²) in [7, 11) is -4.08.